The van der Waals surface area contributed by atoms with Crippen LogP contribution in [0.3, 0.4) is 0 Å². The van der Waals surface area contributed by atoms with E-state index >= 15 is 0 Å². The molecule has 3 heteroatoms. The van der Waals surface area contributed by atoms with Crippen LogP contribution >= 0.6 is 0 Å². The van der Waals surface area contributed by atoms with E-state index in [-0.39, 0.29) is 0 Å². The summed E-state index contributed by atoms with van der Waals surface area (Å²) in [6.45, 7) is 1.84. The zero-order valence-corrected chi connectivity index (χ0v) is 7.47. The number of nitrogens with zero attached hydrogens (tertiary/aromatic N) is 1. The van der Waals surface area contributed by atoms with E-state index in [4.69, 9.17) is 10.6 Å². The highest BCUT2D eigenvalue weighted by Gasteiger charge is 1.94. The molecule has 0 bridgehead atoms. The van der Waals surface area contributed by atoms with Crippen LogP contribution in [0.15, 0.2) is 47.8 Å². The van der Waals surface area contributed by atoms with Crippen molar-refractivity contribution in [3.05, 3.63) is 48.2 Å². The summed E-state index contributed by atoms with van der Waals surface area (Å²) in [6.07, 6.45) is 3.21. The molecule has 0 radical (unpaired) electrons. The molecule has 13 heavy (non-hydrogen) atoms. The average Bonchev–Trinajstić information content (AvgIpc) is 2.19. The fraction of sp³-hybridized carbons (Fsp3) is 0.100. The van der Waals surface area contributed by atoms with Gasteiger partial charge in [-0.05, 0) is 13.0 Å². The molecule has 0 saturated heterocycles. The molecule has 0 heterocycles. The lowest BCUT2D eigenvalue weighted by Crippen LogP contribution is -2.12. The van der Waals surface area contributed by atoms with E-state index in [1.165, 1.54) is 6.26 Å². The third kappa shape index (κ3) is 2.99. The van der Waals surface area contributed by atoms with Crippen LogP contribution in [0.1, 0.15) is 12.5 Å². The summed E-state index contributed by atoms with van der Waals surface area (Å²) in [5.74, 6) is 0.374. The van der Waals surface area contributed by atoms with Crippen LogP contribution in [0.25, 0.3) is 0 Å². The number of hydrogen-bond donors (Lipinski definition) is 1. The standard InChI is InChI=1S/C10H12N2O/c1-2-8-13-12-10(11)9-6-4-3-5-7-9/h2-8H,1H3,(H2,11,12)/b8-2-. The van der Waals surface area contributed by atoms with Gasteiger partial charge in [-0.15, -0.1) is 0 Å². The molecule has 1 rings (SSSR count). The molecule has 0 unspecified atom stereocenters. The Bertz CT molecular complexity index is 304. The van der Waals surface area contributed by atoms with Gasteiger partial charge in [0.2, 0.25) is 0 Å². The number of allylic oxidation sites excluding steroid dienone is 1. The van der Waals surface area contributed by atoms with E-state index in [1.54, 1.807) is 6.08 Å². The maximum absolute atomic E-state index is 5.63. The lowest BCUT2D eigenvalue weighted by Gasteiger charge is -1.97. The van der Waals surface area contributed by atoms with Crippen molar-refractivity contribution in [2.45, 2.75) is 6.92 Å². The third-order valence-electron chi connectivity index (χ3n) is 1.42. The van der Waals surface area contributed by atoms with Gasteiger partial charge in [-0.3, -0.25) is 0 Å². The molecule has 0 fully saturated rings. The first-order valence-corrected chi connectivity index (χ1v) is 4.00. The fourth-order valence-corrected chi connectivity index (χ4v) is 0.810. The van der Waals surface area contributed by atoms with E-state index in [9.17, 15) is 0 Å². The maximum atomic E-state index is 5.63. The third-order valence-corrected chi connectivity index (χ3v) is 1.42. The zero-order valence-electron chi connectivity index (χ0n) is 7.47. The van der Waals surface area contributed by atoms with Gasteiger partial charge in [0.25, 0.3) is 0 Å². The van der Waals surface area contributed by atoms with Gasteiger partial charge in [0.15, 0.2) is 5.84 Å². The van der Waals surface area contributed by atoms with Crippen LogP contribution in [0, 0.1) is 0 Å². The summed E-state index contributed by atoms with van der Waals surface area (Å²) in [4.78, 5) is 4.78. The van der Waals surface area contributed by atoms with E-state index in [0.29, 0.717) is 5.84 Å². The molecule has 0 saturated carbocycles. The number of oxime groups is 1. The monoisotopic (exact) mass is 176 g/mol. The van der Waals surface area contributed by atoms with Crippen LogP contribution < -0.4 is 5.73 Å². The first-order valence-electron chi connectivity index (χ1n) is 4.00. The summed E-state index contributed by atoms with van der Waals surface area (Å²) in [5, 5.41) is 3.69. The summed E-state index contributed by atoms with van der Waals surface area (Å²) in [5.41, 5.74) is 6.48. The molecule has 0 aromatic heterocycles. The van der Waals surface area contributed by atoms with E-state index < -0.39 is 0 Å². The molecule has 0 aliphatic carbocycles. The minimum Gasteiger partial charge on any atom is -0.380 e. The van der Waals surface area contributed by atoms with Crippen molar-refractivity contribution in [3.8, 4) is 0 Å². The Labute approximate surface area is 77.5 Å². The van der Waals surface area contributed by atoms with Crippen molar-refractivity contribution >= 4 is 5.84 Å². The molecule has 0 atom stereocenters. The van der Waals surface area contributed by atoms with Crippen molar-refractivity contribution in [2.24, 2.45) is 10.9 Å². The molecule has 68 valence electrons. The van der Waals surface area contributed by atoms with Gasteiger partial charge in [0, 0.05) is 5.56 Å². The minimum atomic E-state index is 0.374. The van der Waals surface area contributed by atoms with E-state index in [0.717, 1.165) is 5.56 Å². The highest BCUT2D eigenvalue weighted by atomic mass is 16.6. The number of rotatable bonds is 3. The zero-order chi connectivity index (χ0) is 9.52. The second-order valence-electron chi connectivity index (χ2n) is 2.42. The van der Waals surface area contributed by atoms with Crippen molar-refractivity contribution in [2.75, 3.05) is 0 Å². The molecule has 0 spiro atoms. The van der Waals surface area contributed by atoms with E-state index in [2.05, 4.69) is 5.16 Å². The molecule has 0 aliphatic rings. The van der Waals surface area contributed by atoms with Gasteiger partial charge in [0.05, 0.1) is 0 Å². The first-order chi connectivity index (χ1) is 6.34. The Kier molecular flexibility index (Phi) is 3.57. The lowest BCUT2D eigenvalue weighted by molar-refractivity contribution is 0.267. The van der Waals surface area contributed by atoms with Crippen LogP contribution in [0.4, 0.5) is 0 Å². The second kappa shape index (κ2) is 4.98. The van der Waals surface area contributed by atoms with Crippen LogP contribution in [0.2, 0.25) is 0 Å². The number of nitrogens with two attached hydrogens (primary N) is 1. The highest BCUT2D eigenvalue weighted by molar-refractivity contribution is 5.96. The smallest absolute Gasteiger partial charge is 0.170 e. The van der Waals surface area contributed by atoms with Crippen LogP contribution in [-0.4, -0.2) is 5.84 Å². The minimum absolute atomic E-state index is 0.374. The molecule has 2 N–H and O–H groups in total. The summed E-state index contributed by atoms with van der Waals surface area (Å²) in [7, 11) is 0. The topological polar surface area (TPSA) is 47.6 Å². The van der Waals surface area contributed by atoms with Crippen LogP contribution in [0.5, 0.6) is 0 Å². The van der Waals surface area contributed by atoms with Crippen LogP contribution in [-0.2, 0) is 4.84 Å². The summed E-state index contributed by atoms with van der Waals surface area (Å²) >= 11 is 0. The van der Waals surface area contributed by atoms with Gasteiger partial charge in [-0.1, -0.05) is 35.5 Å². The second-order valence-corrected chi connectivity index (χ2v) is 2.42. The SMILES string of the molecule is C/C=C\O/N=C(/N)c1ccccc1. The summed E-state index contributed by atoms with van der Waals surface area (Å²) in [6, 6.07) is 9.46. The van der Waals surface area contributed by atoms with Gasteiger partial charge >= 0.3 is 0 Å². The molecular weight excluding hydrogens is 164 g/mol. The fourth-order valence-electron chi connectivity index (χ4n) is 0.810. The van der Waals surface area contributed by atoms with Crippen molar-refractivity contribution in [1.82, 2.24) is 0 Å². The van der Waals surface area contributed by atoms with Gasteiger partial charge in [-0.25, -0.2) is 0 Å². The van der Waals surface area contributed by atoms with E-state index in [1.807, 2.05) is 37.3 Å². The Balaban J connectivity index is 2.67. The van der Waals surface area contributed by atoms with Gasteiger partial charge < -0.3 is 10.6 Å². The van der Waals surface area contributed by atoms with Crippen molar-refractivity contribution in [1.29, 1.82) is 0 Å². The Morgan fingerprint density at radius 2 is 2.08 bits per heavy atom. The largest absolute Gasteiger partial charge is 0.380 e. The normalized spacial score (nSPS) is 11.9. The molecule has 1 aromatic carbocycles. The molecule has 0 aliphatic heterocycles. The molecule has 0 amide bonds. The average molecular weight is 176 g/mol. The predicted octanol–water partition coefficient (Wildman–Crippen LogP) is 1.86. The Morgan fingerprint density at radius 1 is 1.38 bits per heavy atom. The molecule has 3 nitrogen and oxygen atoms in total. The highest BCUT2D eigenvalue weighted by Crippen LogP contribution is 1.97. The number of amidine groups is 1. The number of hydrogen-bond acceptors (Lipinski definition) is 2. The van der Waals surface area contributed by atoms with Crippen molar-refractivity contribution < 1.29 is 4.84 Å². The maximum Gasteiger partial charge on any atom is 0.170 e. The van der Waals surface area contributed by atoms with Crippen molar-refractivity contribution in [3.63, 3.8) is 0 Å². The lowest BCUT2D eigenvalue weighted by atomic mass is 10.2. The molecular formula is C10H12N2O. The quantitative estimate of drug-likeness (QED) is 0.330. The molecule has 1 aromatic rings. The first kappa shape index (κ1) is 9.32. The van der Waals surface area contributed by atoms with Gasteiger partial charge in [0.1, 0.15) is 6.26 Å². The number of benzene rings is 1. The summed E-state index contributed by atoms with van der Waals surface area (Å²) < 4.78 is 0. The van der Waals surface area contributed by atoms with Gasteiger partial charge in [-0.2, -0.15) is 0 Å². The Hall–Kier alpha value is -1.77. The predicted molar refractivity (Wildman–Crippen MR) is 53.1 cm³/mol. The Morgan fingerprint density at radius 3 is 2.69 bits per heavy atom.